The number of nitrogens with zero attached hydrogens (tertiary/aromatic N) is 5. The van der Waals surface area contributed by atoms with Crippen molar-refractivity contribution < 1.29 is 33.8 Å². The van der Waals surface area contributed by atoms with E-state index in [9.17, 15) is 24.3 Å². The van der Waals surface area contributed by atoms with Crippen LogP contribution < -0.4 is 5.32 Å². The zero-order chi connectivity index (χ0) is 29.4. The normalized spacial score (nSPS) is 32.4. The highest BCUT2D eigenvalue weighted by molar-refractivity contribution is 5.99. The van der Waals surface area contributed by atoms with Gasteiger partial charge in [0.15, 0.2) is 0 Å². The molecule has 2 N–H and O–H groups in total. The lowest BCUT2D eigenvalue weighted by atomic mass is 9.78. The number of allylic oxidation sites excluding steroid dienone is 1. The molecule has 6 atom stereocenters. The van der Waals surface area contributed by atoms with E-state index in [1.807, 2.05) is 24.3 Å². The van der Waals surface area contributed by atoms with Crippen LogP contribution in [0.15, 0.2) is 48.6 Å². The smallest absolute Gasteiger partial charge is 0.313 e. The Bertz CT molecular complexity index is 1450. The van der Waals surface area contributed by atoms with E-state index in [1.165, 1.54) is 4.90 Å². The van der Waals surface area contributed by atoms with Crippen LogP contribution in [-0.4, -0.2) is 104 Å². The van der Waals surface area contributed by atoms with Gasteiger partial charge in [-0.2, -0.15) is 0 Å². The van der Waals surface area contributed by atoms with E-state index in [0.29, 0.717) is 11.9 Å². The van der Waals surface area contributed by atoms with Gasteiger partial charge in [-0.05, 0) is 31.9 Å². The molecule has 2 aromatic rings. The van der Waals surface area contributed by atoms with Crippen molar-refractivity contribution in [3.8, 4) is 0 Å². The SMILES string of the molecule is C[C@@H]1CNC(=O)CC/C=C\[C@H]2O[C@]34C=CCN(Cn5nnc6ccccc65)C(=O)[C@H]3N(CCCO)C(=O)[C@@H]4[C@H]2C(=O)O1. The van der Waals surface area contributed by atoms with E-state index in [0.717, 1.165) is 5.52 Å². The number of aromatic nitrogens is 3. The van der Waals surface area contributed by atoms with Crippen molar-refractivity contribution in [2.24, 2.45) is 11.8 Å². The molecule has 2 fully saturated rings. The van der Waals surface area contributed by atoms with Gasteiger partial charge in [-0.1, -0.05) is 41.7 Å². The quantitative estimate of drug-likeness (QED) is 0.372. The third kappa shape index (κ3) is 4.75. The molecule has 1 spiro atoms. The summed E-state index contributed by atoms with van der Waals surface area (Å²) < 4.78 is 14.0. The Kier molecular flexibility index (Phi) is 7.54. The van der Waals surface area contributed by atoms with Crippen LogP contribution in [0.4, 0.5) is 0 Å². The fourth-order valence-electron chi connectivity index (χ4n) is 6.50. The molecule has 0 bridgehead atoms. The summed E-state index contributed by atoms with van der Waals surface area (Å²) in [5, 5.41) is 20.8. The topological polar surface area (TPSA) is 156 Å². The Morgan fingerprint density at radius 2 is 1.98 bits per heavy atom. The van der Waals surface area contributed by atoms with Crippen LogP contribution in [0.25, 0.3) is 11.0 Å². The Morgan fingerprint density at radius 1 is 1.14 bits per heavy atom. The predicted molar refractivity (Wildman–Crippen MR) is 147 cm³/mol. The minimum absolute atomic E-state index is 0.0936. The minimum Gasteiger partial charge on any atom is -0.460 e. The molecule has 2 saturated heterocycles. The maximum absolute atomic E-state index is 14.4. The summed E-state index contributed by atoms with van der Waals surface area (Å²) >= 11 is 0. The molecule has 42 heavy (non-hydrogen) atoms. The summed E-state index contributed by atoms with van der Waals surface area (Å²) in [6, 6.07) is 6.36. The van der Waals surface area contributed by atoms with Gasteiger partial charge < -0.3 is 29.7 Å². The summed E-state index contributed by atoms with van der Waals surface area (Å²) in [7, 11) is 0. The fraction of sp³-hybridized carbons (Fsp3) is 0.517. The van der Waals surface area contributed by atoms with Crippen molar-refractivity contribution in [1.29, 1.82) is 0 Å². The molecule has 13 nitrogen and oxygen atoms in total. The van der Waals surface area contributed by atoms with Crippen molar-refractivity contribution in [1.82, 2.24) is 30.1 Å². The number of benzene rings is 1. The second-order valence-electron chi connectivity index (χ2n) is 11.2. The predicted octanol–water partition coefficient (Wildman–Crippen LogP) is 0.148. The highest BCUT2D eigenvalue weighted by atomic mass is 16.6. The van der Waals surface area contributed by atoms with Gasteiger partial charge in [-0.3, -0.25) is 19.2 Å². The van der Waals surface area contributed by atoms with Crippen molar-refractivity contribution >= 4 is 34.7 Å². The zero-order valence-corrected chi connectivity index (χ0v) is 23.3. The molecule has 6 rings (SSSR count). The van der Waals surface area contributed by atoms with Crippen LogP contribution in [0.1, 0.15) is 26.2 Å². The average molecular weight is 579 g/mol. The Labute approximate surface area is 242 Å². The van der Waals surface area contributed by atoms with E-state index in [1.54, 1.807) is 40.8 Å². The number of nitrogens with one attached hydrogen (secondary N) is 1. The number of cyclic esters (lactones) is 1. The van der Waals surface area contributed by atoms with Crippen molar-refractivity contribution in [3.63, 3.8) is 0 Å². The number of amides is 3. The molecule has 13 heteroatoms. The number of aliphatic hydroxyl groups is 1. The number of carbonyl (C=O) groups is 4. The van der Waals surface area contributed by atoms with Gasteiger partial charge in [0.25, 0.3) is 5.91 Å². The highest BCUT2D eigenvalue weighted by Crippen LogP contribution is 2.53. The van der Waals surface area contributed by atoms with Gasteiger partial charge in [0.05, 0.1) is 24.1 Å². The molecule has 0 unspecified atom stereocenters. The van der Waals surface area contributed by atoms with E-state index in [2.05, 4.69) is 15.6 Å². The standard InChI is InChI=1S/C29H34N6O7/c1-18-16-30-22(37)11-5-4-10-21-23(28(40)41-18)24-26(38)34(14-7-15-36)25-27(39)33(13-6-12-29(24,25)42-21)17-35-20-9-3-2-8-19(20)31-32-35/h2-4,6,8-10,12,18,21,23-25,36H,5,7,11,13-17H2,1H3,(H,30,37)/b10-4-/t18-,21-,23+,24+,25-,29+/m1/s1. The summed E-state index contributed by atoms with van der Waals surface area (Å²) in [5.74, 6) is -3.55. The van der Waals surface area contributed by atoms with Crippen LogP contribution in [0.3, 0.4) is 0 Å². The number of carbonyl (C=O) groups excluding carboxylic acids is 4. The summed E-state index contributed by atoms with van der Waals surface area (Å²) in [5.41, 5.74) is 0.0203. The lowest BCUT2D eigenvalue weighted by Crippen LogP contribution is -2.55. The van der Waals surface area contributed by atoms with Crippen molar-refractivity contribution in [2.45, 2.75) is 56.7 Å². The maximum atomic E-state index is 14.4. The molecule has 4 aliphatic rings. The van der Waals surface area contributed by atoms with Gasteiger partial charge in [0.2, 0.25) is 11.8 Å². The van der Waals surface area contributed by atoms with Gasteiger partial charge in [-0.25, -0.2) is 4.68 Å². The summed E-state index contributed by atoms with van der Waals surface area (Å²) in [6.45, 7) is 2.08. The van der Waals surface area contributed by atoms with E-state index in [-0.39, 0.29) is 57.6 Å². The number of likely N-dealkylation sites (tertiary alicyclic amines) is 1. The molecule has 1 aromatic heterocycles. The molecule has 4 aliphatic heterocycles. The van der Waals surface area contributed by atoms with Crippen LogP contribution in [0.5, 0.6) is 0 Å². The largest absolute Gasteiger partial charge is 0.460 e. The zero-order valence-electron chi connectivity index (χ0n) is 23.3. The Balaban J connectivity index is 1.38. The molecule has 222 valence electrons. The molecular formula is C29H34N6O7. The molecule has 5 heterocycles. The summed E-state index contributed by atoms with van der Waals surface area (Å²) in [4.78, 5) is 57.3. The van der Waals surface area contributed by atoms with Gasteiger partial charge in [0.1, 0.15) is 35.9 Å². The first-order chi connectivity index (χ1) is 20.3. The average Bonchev–Trinajstić information content (AvgIpc) is 3.57. The minimum atomic E-state index is -1.43. The second kappa shape index (κ2) is 11.3. The monoisotopic (exact) mass is 578 g/mol. The first-order valence-corrected chi connectivity index (χ1v) is 14.3. The van der Waals surface area contributed by atoms with Gasteiger partial charge >= 0.3 is 5.97 Å². The lowest BCUT2D eigenvalue weighted by Gasteiger charge is -2.35. The number of esters is 1. The van der Waals surface area contributed by atoms with E-state index >= 15 is 0 Å². The molecule has 0 aliphatic carbocycles. The number of hydrogen-bond acceptors (Lipinski definition) is 9. The van der Waals surface area contributed by atoms with E-state index < -0.39 is 47.6 Å². The second-order valence-corrected chi connectivity index (χ2v) is 11.2. The van der Waals surface area contributed by atoms with Crippen LogP contribution in [0.2, 0.25) is 0 Å². The molecule has 1 aromatic carbocycles. The number of para-hydroxylation sites is 1. The van der Waals surface area contributed by atoms with Crippen molar-refractivity contribution in [3.05, 3.63) is 48.6 Å². The van der Waals surface area contributed by atoms with Gasteiger partial charge in [0, 0.05) is 26.1 Å². The first kappa shape index (κ1) is 28.0. The highest BCUT2D eigenvalue weighted by Gasteiger charge is 2.71. The van der Waals surface area contributed by atoms with Crippen LogP contribution >= 0.6 is 0 Å². The Morgan fingerprint density at radius 3 is 2.81 bits per heavy atom. The lowest BCUT2D eigenvalue weighted by molar-refractivity contribution is -0.159. The molecule has 3 amide bonds. The van der Waals surface area contributed by atoms with Crippen LogP contribution in [-0.2, 0) is 35.3 Å². The number of hydrogen-bond donors (Lipinski definition) is 2. The number of rotatable bonds is 5. The molecule has 0 radical (unpaired) electrons. The third-order valence-corrected chi connectivity index (χ3v) is 8.40. The number of ether oxygens (including phenoxy) is 2. The summed E-state index contributed by atoms with van der Waals surface area (Å²) in [6.07, 6.45) is 6.47. The first-order valence-electron chi connectivity index (χ1n) is 14.3. The number of fused-ring (bicyclic) bond motifs is 3. The third-order valence-electron chi connectivity index (χ3n) is 8.40. The fourth-order valence-corrected chi connectivity index (χ4v) is 6.50. The number of aliphatic hydroxyl groups excluding tert-OH is 1. The molecular weight excluding hydrogens is 544 g/mol. The Hall–Kier alpha value is -4.10. The molecule has 0 saturated carbocycles. The van der Waals surface area contributed by atoms with Crippen LogP contribution in [0, 0.1) is 11.8 Å². The van der Waals surface area contributed by atoms with Gasteiger partial charge in [-0.15, -0.1) is 5.10 Å². The maximum Gasteiger partial charge on any atom is 0.313 e. The van der Waals surface area contributed by atoms with Crippen molar-refractivity contribution in [2.75, 3.05) is 26.2 Å². The van der Waals surface area contributed by atoms with E-state index in [4.69, 9.17) is 9.47 Å².